The SMILES string of the molecule is COc1cc(OCc2ccccc2)cc2c(OCc3ccccc3)ccc(O)c12. The van der Waals surface area contributed by atoms with Gasteiger partial charge in [-0.1, -0.05) is 60.7 Å². The van der Waals surface area contributed by atoms with Gasteiger partial charge < -0.3 is 19.3 Å². The van der Waals surface area contributed by atoms with Crippen LogP contribution in [0.25, 0.3) is 10.8 Å². The average Bonchev–Trinajstić information content (AvgIpc) is 2.78. The van der Waals surface area contributed by atoms with E-state index in [0.29, 0.717) is 35.8 Å². The van der Waals surface area contributed by atoms with Gasteiger partial charge in [0.15, 0.2) is 0 Å². The second-order valence-corrected chi connectivity index (χ2v) is 6.68. The zero-order valence-corrected chi connectivity index (χ0v) is 16.2. The summed E-state index contributed by atoms with van der Waals surface area (Å²) in [6.07, 6.45) is 0. The fraction of sp³-hybridized carbons (Fsp3) is 0.120. The first kappa shape index (κ1) is 18.7. The minimum atomic E-state index is 0.138. The standard InChI is InChI=1S/C25H22O4/c1-27-24-15-20(28-16-18-8-4-2-5-9-18)14-21-23(13-12-22(26)25(21)24)29-17-19-10-6-3-7-11-19/h2-15,26H,16-17H2,1H3. The van der Waals surface area contributed by atoms with E-state index < -0.39 is 0 Å². The normalized spacial score (nSPS) is 10.7. The number of phenolic OH excluding ortho intramolecular Hbond substituents is 1. The van der Waals surface area contributed by atoms with E-state index in [0.717, 1.165) is 16.5 Å². The molecule has 4 aromatic carbocycles. The van der Waals surface area contributed by atoms with Crippen LogP contribution in [0.5, 0.6) is 23.0 Å². The molecule has 0 bridgehead atoms. The van der Waals surface area contributed by atoms with Gasteiger partial charge in [-0.2, -0.15) is 0 Å². The van der Waals surface area contributed by atoms with E-state index in [4.69, 9.17) is 14.2 Å². The highest BCUT2D eigenvalue weighted by molar-refractivity contribution is 5.98. The summed E-state index contributed by atoms with van der Waals surface area (Å²) in [6, 6.07) is 27.0. The summed E-state index contributed by atoms with van der Waals surface area (Å²) in [5.74, 6) is 1.98. The van der Waals surface area contributed by atoms with E-state index in [1.807, 2.05) is 66.7 Å². The summed E-state index contributed by atoms with van der Waals surface area (Å²) < 4.78 is 17.6. The number of methoxy groups -OCH3 is 1. The molecule has 4 nitrogen and oxygen atoms in total. The number of fused-ring (bicyclic) bond motifs is 1. The van der Waals surface area contributed by atoms with Crippen molar-refractivity contribution in [3.8, 4) is 23.0 Å². The third-order valence-electron chi connectivity index (χ3n) is 4.70. The topological polar surface area (TPSA) is 47.9 Å². The molecular formula is C25H22O4. The Morgan fingerprint density at radius 3 is 1.93 bits per heavy atom. The maximum atomic E-state index is 10.4. The summed E-state index contributed by atoms with van der Waals surface area (Å²) in [6.45, 7) is 0.868. The van der Waals surface area contributed by atoms with Crippen LogP contribution < -0.4 is 14.2 Å². The Bertz CT molecular complexity index is 1090. The molecule has 0 aliphatic carbocycles. The van der Waals surface area contributed by atoms with Crippen molar-refractivity contribution in [1.29, 1.82) is 0 Å². The predicted octanol–water partition coefficient (Wildman–Crippen LogP) is 5.71. The largest absolute Gasteiger partial charge is 0.507 e. The number of ether oxygens (including phenoxy) is 3. The Morgan fingerprint density at radius 1 is 0.690 bits per heavy atom. The van der Waals surface area contributed by atoms with Crippen molar-refractivity contribution in [2.45, 2.75) is 13.2 Å². The van der Waals surface area contributed by atoms with E-state index >= 15 is 0 Å². The predicted molar refractivity (Wildman–Crippen MR) is 114 cm³/mol. The zero-order valence-electron chi connectivity index (χ0n) is 16.2. The molecule has 0 unspecified atom stereocenters. The molecule has 0 amide bonds. The van der Waals surface area contributed by atoms with Gasteiger partial charge >= 0.3 is 0 Å². The average molecular weight is 386 g/mol. The van der Waals surface area contributed by atoms with E-state index in [1.54, 1.807) is 25.3 Å². The summed E-state index contributed by atoms with van der Waals surface area (Å²) in [5.41, 5.74) is 2.14. The molecule has 0 aliphatic heterocycles. The molecule has 0 spiro atoms. The highest BCUT2D eigenvalue weighted by Gasteiger charge is 2.14. The van der Waals surface area contributed by atoms with Crippen molar-refractivity contribution in [2.75, 3.05) is 7.11 Å². The lowest BCUT2D eigenvalue weighted by Crippen LogP contribution is -1.98. The van der Waals surface area contributed by atoms with Gasteiger partial charge in [-0.15, -0.1) is 0 Å². The van der Waals surface area contributed by atoms with Crippen molar-refractivity contribution >= 4 is 10.8 Å². The van der Waals surface area contributed by atoms with Crippen molar-refractivity contribution in [3.05, 3.63) is 96.1 Å². The van der Waals surface area contributed by atoms with Gasteiger partial charge in [0, 0.05) is 11.5 Å². The van der Waals surface area contributed by atoms with Crippen LogP contribution in [0.1, 0.15) is 11.1 Å². The molecule has 29 heavy (non-hydrogen) atoms. The van der Waals surface area contributed by atoms with Gasteiger partial charge in [0.2, 0.25) is 0 Å². The lowest BCUT2D eigenvalue weighted by Gasteiger charge is -2.15. The third-order valence-corrected chi connectivity index (χ3v) is 4.70. The maximum Gasteiger partial charge on any atom is 0.134 e. The summed E-state index contributed by atoms with van der Waals surface area (Å²) in [7, 11) is 1.58. The quantitative estimate of drug-likeness (QED) is 0.442. The van der Waals surface area contributed by atoms with Crippen molar-refractivity contribution < 1.29 is 19.3 Å². The number of phenols is 1. The second-order valence-electron chi connectivity index (χ2n) is 6.68. The van der Waals surface area contributed by atoms with Crippen LogP contribution in [0.2, 0.25) is 0 Å². The van der Waals surface area contributed by atoms with Crippen molar-refractivity contribution in [1.82, 2.24) is 0 Å². The molecule has 0 atom stereocenters. The highest BCUT2D eigenvalue weighted by atomic mass is 16.5. The Labute approximate surface area is 169 Å². The number of benzene rings is 4. The lowest BCUT2D eigenvalue weighted by atomic mass is 10.1. The molecular weight excluding hydrogens is 364 g/mol. The van der Waals surface area contributed by atoms with E-state index in [-0.39, 0.29) is 5.75 Å². The van der Waals surface area contributed by atoms with Crippen LogP contribution in [-0.4, -0.2) is 12.2 Å². The first-order valence-electron chi connectivity index (χ1n) is 9.42. The molecule has 4 aromatic rings. The van der Waals surface area contributed by atoms with Gasteiger partial charge in [0.25, 0.3) is 0 Å². The first-order valence-corrected chi connectivity index (χ1v) is 9.42. The molecule has 4 heteroatoms. The van der Waals surface area contributed by atoms with Crippen LogP contribution in [0.15, 0.2) is 84.9 Å². The number of hydrogen-bond donors (Lipinski definition) is 1. The Balaban J connectivity index is 1.67. The van der Waals surface area contributed by atoms with Crippen LogP contribution in [0.4, 0.5) is 0 Å². The molecule has 146 valence electrons. The lowest BCUT2D eigenvalue weighted by molar-refractivity contribution is 0.302. The monoisotopic (exact) mass is 386 g/mol. The fourth-order valence-corrected chi connectivity index (χ4v) is 3.22. The Hall–Kier alpha value is -3.66. The minimum Gasteiger partial charge on any atom is -0.507 e. The van der Waals surface area contributed by atoms with E-state index in [2.05, 4.69) is 0 Å². The van der Waals surface area contributed by atoms with Gasteiger partial charge in [-0.05, 0) is 29.3 Å². The van der Waals surface area contributed by atoms with Crippen LogP contribution in [0.3, 0.4) is 0 Å². The zero-order chi connectivity index (χ0) is 20.1. The first-order chi connectivity index (χ1) is 14.2. The summed E-state index contributed by atoms with van der Waals surface area (Å²) >= 11 is 0. The Kier molecular flexibility index (Phi) is 5.52. The molecule has 0 aromatic heterocycles. The second kappa shape index (κ2) is 8.57. The molecule has 0 heterocycles. The van der Waals surface area contributed by atoms with E-state index in [9.17, 15) is 5.11 Å². The van der Waals surface area contributed by atoms with E-state index in [1.165, 1.54) is 0 Å². The van der Waals surface area contributed by atoms with Gasteiger partial charge in [0.1, 0.15) is 36.2 Å². The summed E-state index contributed by atoms with van der Waals surface area (Å²) in [4.78, 5) is 0. The van der Waals surface area contributed by atoms with Crippen LogP contribution >= 0.6 is 0 Å². The van der Waals surface area contributed by atoms with Crippen LogP contribution in [0, 0.1) is 0 Å². The molecule has 0 radical (unpaired) electrons. The van der Waals surface area contributed by atoms with Crippen LogP contribution in [-0.2, 0) is 13.2 Å². The Morgan fingerprint density at radius 2 is 1.31 bits per heavy atom. The minimum absolute atomic E-state index is 0.138. The molecule has 0 fully saturated rings. The van der Waals surface area contributed by atoms with Gasteiger partial charge in [0.05, 0.1) is 12.5 Å². The number of rotatable bonds is 7. The number of aromatic hydroxyl groups is 1. The highest BCUT2D eigenvalue weighted by Crippen LogP contribution is 2.41. The summed E-state index contributed by atoms with van der Waals surface area (Å²) in [5, 5.41) is 11.8. The smallest absolute Gasteiger partial charge is 0.134 e. The van der Waals surface area contributed by atoms with Crippen molar-refractivity contribution in [3.63, 3.8) is 0 Å². The maximum absolute atomic E-state index is 10.4. The molecule has 0 saturated carbocycles. The number of hydrogen-bond acceptors (Lipinski definition) is 4. The molecule has 0 aliphatic rings. The van der Waals surface area contributed by atoms with Gasteiger partial charge in [-0.25, -0.2) is 0 Å². The molecule has 0 saturated heterocycles. The van der Waals surface area contributed by atoms with Gasteiger partial charge in [-0.3, -0.25) is 0 Å². The van der Waals surface area contributed by atoms with Crippen molar-refractivity contribution in [2.24, 2.45) is 0 Å². The third kappa shape index (κ3) is 4.27. The molecule has 4 rings (SSSR count). The fourth-order valence-electron chi connectivity index (χ4n) is 3.22. The molecule has 1 N–H and O–H groups in total.